The SMILES string of the molecule is CC(Cl)=NO.CCN(CC)CC. The van der Waals surface area contributed by atoms with Crippen molar-refractivity contribution in [2.24, 2.45) is 5.16 Å². The fraction of sp³-hybridized carbons (Fsp3) is 0.875. The van der Waals surface area contributed by atoms with Gasteiger partial charge >= 0.3 is 0 Å². The molecule has 0 saturated carbocycles. The molecule has 0 aliphatic heterocycles. The molecule has 0 unspecified atom stereocenters. The fourth-order valence-corrected chi connectivity index (χ4v) is 0.671. The third-order valence-corrected chi connectivity index (χ3v) is 1.56. The summed E-state index contributed by atoms with van der Waals surface area (Å²) >= 11 is 4.96. The number of nitrogens with zero attached hydrogens (tertiary/aromatic N) is 2. The maximum atomic E-state index is 7.60. The zero-order valence-corrected chi connectivity index (χ0v) is 9.10. The highest BCUT2D eigenvalue weighted by Gasteiger charge is 1.89. The van der Waals surface area contributed by atoms with Crippen LogP contribution < -0.4 is 0 Å². The molecule has 1 N–H and O–H groups in total. The van der Waals surface area contributed by atoms with Crippen LogP contribution in [0.3, 0.4) is 0 Å². The molecule has 0 bridgehead atoms. The maximum Gasteiger partial charge on any atom is 0.142 e. The Labute approximate surface area is 80.0 Å². The summed E-state index contributed by atoms with van der Waals surface area (Å²) < 4.78 is 0. The van der Waals surface area contributed by atoms with E-state index >= 15 is 0 Å². The van der Waals surface area contributed by atoms with E-state index in [9.17, 15) is 0 Å². The Hall–Kier alpha value is -0.280. The van der Waals surface area contributed by atoms with Gasteiger partial charge in [0.2, 0.25) is 0 Å². The molecule has 0 heterocycles. The summed E-state index contributed by atoms with van der Waals surface area (Å²) in [7, 11) is 0. The van der Waals surface area contributed by atoms with Crippen LogP contribution in [0.25, 0.3) is 0 Å². The first kappa shape index (κ1) is 14.3. The van der Waals surface area contributed by atoms with Crippen LogP contribution in [0.2, 0.25) is 0 Å². The monoisotopic (exact) mass is 194 g/mol. The summed E-state index contributed by atoms with van der Waals surface area (Å²) in [5.74, 6) is 0. The van der Waals surface area contributed by atoms with Crippen molar-refractivity contribution < 1.29 is 5.21 Å². The molecule has 3 nitrogen and oxygen atoms in total. The van der Waals surface area contributed by atoms with Crippen molar-refractivity contribution in [3.05, 3.63) is 0 Å². The molecule has 0 rings (SSSR count). The van der Waals surface area contributed by atoms with Crippen LogP contribution in [-0.4, -0.2) is 34.9 Å². The van der Waals surface area contributed by atoms with Crippen molar-refractivity contribution in [2.45, 2.75) is 27.7 Å². The highest BCUT2D eigenvalue weighted by molar-refractivity contribution is 6.64. The second-order valence-electron chi connectivity index (χ2n) is 2.22. The first-order chi connectivity index (χ1) is 5.62. The molecule has 0 saturated heterocycles. The number of halogens is 1. The van der Waals surface area contributed by atoms with E-state index in [1.54, 1.807) is 0 Å². The van der Waals surface area contributed by atoms with E-state index in [0.717, 1.165) is 0 Å². The van der Waals surface area contributed by atoms with Crippen LogP contribution in [0.15, 0.2) is 5.16 Å². The average Bonchev–Trinajstić information content (AvgIpc) is 2.09. The first-order valence-corrected chi connectivity index (χ1v) is 4.56. The lowest BCUT2D eigenvalue weighted by molar-refractivity contribution is 0.320. The van der Waals surface area contributed by atoms with Crippen LogP contribution in [0, 0.1) is 0 Å². The van der Waals surface area contributed by atoms with Crippen LogP contribution in [0.5, 0.6) is 0 Å². The summed E-state index contributed by atoms with van der Waals surface area (Å²) in [4.78, 5) is 2.38. The predicted octanol–water partition coefficient (Wildman–Crippen LogP) is 2.38. The van der Waals surface area contributed by atoms with Crippen molar-refractivity contribution in [3.8, 4) is 0 Å². The maximum absolute atomic E-state index is 7.60. The van der Waals surface area contributed by atoms with Gasteiger partial charge in [0.25, 0.3) is 0 Å². The first-order valence-electron chi connectivity index (χ1n) is 4.18. The Morgan fingerprint density at radius 3 is 1.50 bits per heavy atom. The van der Waals surface area contributed by atoms with Gasteiger partial charge in [-0.25, -0.2) is 0 Å². The zero-order valence-electron chi connectivity index (χ0n) is 8.34. The second kappa shape index (κ2) is 10.7. The fourth-order valence-electron chi connectivity index (χ4n) is 0.671. The number of hydrogen-bond acceptors (Lipinski definition) is 3. The molecule has 0 fully saturated rings. The van der Waals surface area contributed by atoms with Gasteiger partial charge in [-0.15, -0.1) is 0 Å². The smallest absolute Gasteiger partial charge is 0.142 e. The van der Waals surface area contributed by atoms with Crippen LogP contribution in [0.1, 0.15) is 27.7 Å². The van der Waals surface area contributed by atoms with Crippen molar-refractivity contribution in [1.82, 2.24) is 4.90 Å². The van der Waals surface area contributed by atoms with E-state index in [1.165, 1.54) is 26.6 Å². The molecule has 0 spiro atoms. The minimum absolute atomic E-state index is 0.157. The van der Waals surface area contributed by atoms with Gasteiger partial charge in [-0.05, 0) is 26.6 Å². The topological polar surface area (TPSA) is 35.8 Å². The number of hydrogen-bond donors (Lipinski definition) is 1. The molecule has 0 aromatic rings. The van der Waals surface area contributed by atoms with Gasteiger partial charge in [-0.3, -0.25) is 0 Å². The van der Waals surface area contributed by atoms with Crippen molar-refractivity contribution >= 4 is 16.8 Å². The van der Waals surface area contributed by atoms with Gasteiger partial charge in [-0.1, -0.05) is 37.5 Å². The summed E-state index contributed by atoms with van der Waals surface area (Å²) in [5, 5.41) is 10.3. The zero-order chi connectivity index (χ0) is 9.98. The third-order valence-electron chi connectivity index (χ3n) is 1.48. The van der Waals surface area contributed by atoms with Crippen molar-refractivity contribution in [2.75, 3.05) is 19.6 Å². The molecule has 0 aliphatic carbocycles. The number of rotatable bonds is 3. The van der Waals surface area contributed by atoms with Crippen molar-refractivity contribution in [1.29, 1.82) is 0 Å². The molecule has 0 atom stereocenters. The van der Waals surface area contributed by atoms with Crippen LogP contribution >= 0.6 is 11.6 Å². The highest BCUT2D eigenvalue weighted by atomic mass is 35.5. The molecule has 74 valence electrons. The second-order valence-corrected chi connectivity index (χ2v) is 2.76. The molecule has 0 radical (unpaired) electrons. The Morgan fingerprint density at radius 2 is 1.50 bits per heavy atom. The number of oxime groups is 1. The summed E-state index contributed by atoms with van der Waals surface area (Å²) in [6.45, 7) is 11.6. The van der Waals surface area contributed by atoms with E-state index < -0.39 is 0 Å². The van der Waals surface area contributed by atoms with Gasteiger partial charge in [0.15, 0.2) is 0 Å². The van der Waals surface area contributed by atoms with Gasteiger partial charge in [0, 0.05) is 0 Å². The largest absolute Gasteiger partial charge is 0.410 e. The quantitative estimate of drug-likeness (QED) is 0.426. The Balaban J connectivity index is 0. The lowest BCUT2D eigenvalue weighted by Crippen LogP contribution is -2.21. The normalized spacial score (nSPS) is 11.0. The van der Waals surface area contributed by atoms with Crippen molar-refractivity contribution in [3.63, 3.8) is 0 Å². The third kappa shape index (κ3) is 12.4. The summed E-state index contributed by atoms with van der Waals surface area (Å²) in [5.41, 5.74) is 0. The van der Waals surface area contributed by atoms with E-state index in [2.05, 4.69) is 30.8 Å². The molecule has 0 aromatic carbocycles. The molecule has 0 aliphatic rings. The Morgan fingerprint density at radius 1 is 1.25 bits per heavy atom. The van der Waals surface area contributed by atoms with Crippen LogP contribution in [0.4, 0.5) is 0 Å². The Bertz CT molecular complexity index is 104. The summed E-state index contributed by atoms with van der Waals surface area (Å²) in [6.07, 6.45) is 0. The Kier molecular flexibility index (Phi) is 12.7. The van der Waals surface area contributed by atoms with E-state index in [-0.39, 0.29) is 5.17 Å². The molecule has 4 heteroatoms. The molecule has 0 aromatic heterocycles. The van der Waals surface area contributed by atoms with Gasteiger partial charge in [0.1, 0.15) is 5.17 Å². The highest BCUT2D eigenvalue weighted by Crippen LogP contribution is 1.81. The van der Waals surface area contributed by atoms with Gasteiger partial charge in [0.05, 0.1) is 0 Å². The minimum Gasteiger partial charge on any atom is -0.410 e. The lowest BCUT2D eigenvalue weighted by Gasteiger charge is -2.13. The molecule has 0 amide bonds. The summed E-state index contributed by atoms with van der Waals surface area (Å²) in [6, 6.07) is 0. The van der Waals surface area contributed by atoms with Crippen LogP contribution in [-0.2, 0) is 0 Å². The lowest BCUT2D eigenvalue weighted by atomic mass is 10.5. The van der Waals surface area contributed by atoms with Gasteiger partial charge < -0.3 is 10.1 Å². The van der Waals surface area contributed by atoms with E-state index in [0.29, 0.717) is 0 Å². The minimum atomic E-state index is 0.157. The average molecular weight is 195 g/mol. The molecular weight excluding hydrogens is 176 g/mol. The van der Waals surface area contributed by atoms with E-state index in [4.69, 9.17) is 16.8 Å². The molecular formula is C8H19ClN2O. The van der Waals surface area contributed by atoms with E-state index in [1.807, 2.05) is 0 Å². The standard InChI is InChI=1S/C6H15N.C2H4ClNO/c1-4-7(5-2)6-3;1-2(3)4-5/h4-6H2,1-3H3;5H,1H3. The molecule has 12 heavy (non-hydrogen) atoms. The van der Waals surface area contributed by atoms with Gasteiger partial charge in [-0.2, -0.15) is 0 Å². The predicted molar refractivity (Wildman–Crippen MR) is 54.2 cm³/mol.